The number of carbonyl (C=O) groups is 1. The summed E-state index contributed by atoms with van der Waals surface area (Å²) in [7, 11) is 0. The number of hydrogen-bond donors (Lipinski definition) is 1. The minimum atomic E-state index is 0.245. The summed E-state index contributed by atoms with van der Waals surface area (Å²) in [5.41, 5.74) is 0. The minimum absolute atomic E-state index is 0.245. The fraction of sp³-hybridized carbons (Fsp3) is 0.917. The molecule has 2 rings (SSSR count). The van der Waals surface area contributed by atoms with Gasteiger partial charge in [0, 0.05) is 32.1 Å². The highest BCUT2D eigenvalue weighted by Gasteiger charge is 2.42. The van der Waals surface area contributed by atoms with Crippen molar-refractivity contribution in [2.24, 2.45) is 11.8 Å². The lowest BCUT2D eigenvalue weighted by Crippen LogP contribution is -2.53. The van der Waals surface area contributed by atoms with Gasteiger partial charge >= 0.3 is 0 Å². The number of fused-ring (bicyclic) bond motifs is 2. The second kappa shape index (κ2) is 4.12. The van der Waals surface area contributed by atoms with Crippen LogP contribution in [0.25, 0.3) is 0 Å². The van der Waals surface area contributed by atoms with E-state index in [2.05, 4.69) is 19.2 Å². The van der Waals surface area contributed by atoms with Gasteiger partial charge in [0.1, 0.15) is 0 Å². The Kier molecular flexibility index (Phi) is 3.01. The molecule has 1 aliphatic carbocycles. The van der Waals surface area contributed by atoms with Gasteiger partial charge in [0.2, 0.25) is 5.91 Å². The predicted octanol–water partition coefficient (Wildman–Crippen LogP) is 1.24. The van der Waals surface area contributed by atoms with E-state index >= 15 is 0 Å². The van der Waals surface area contributed by atoms with Gasteiger partial charge in [-0.1, -0.05) is 13.8 Å². The third-order valence-corrected chi connectivity index (χ3v) is 3.80. The van der Waals surface area contributed by atoms with Crippen molar-refractivity contribution in [1.82, 2.24) is 10.2 Å². The Balaban J connectivity index is 2.00. The van der Waals surface area contributed by atoms with E-state index in [0.29, 0.717) is 23.9 Å². The van der Waals surface area contributed by atoms with Crippen LogP contribution in [0.4, 0.5) is 0 Å². The maximum atomic E-state index is 11.4. The maximum absolute atomic E-state index is 11.4. The number of likely N-dealkylation sites (tertiary alicyclic amines) is 1. The van der Waals surface area contributed by atoms with Gasteiger partial charge in [-0.2, -0.15) is 0 Å². The van der Waals surface area contributed by atoms with Gasteiger partial charge in [-0.05, 0) is 24.7 Å². The molecule has 1 aliphatic heterocycles. The van der Waals surface area contributed by atoms with E-state index in [1.54, 1.807) is 6.92 Å². The normalized spacial score (nSPS) is 34.9. The summed E-state index contributed by atoms with van der Waals surface area (Å²) in [4.78, 5) is 13.4. The molecule has 2 unspecified atom stereocenters. The Morgan fingerprint density at radius 3 is 2.20 bits per heavy atom. The van der Waals surface area contributed by atoms with Crippen LogP contribution in [-0.2, 0) is 4.79 Å². The zero-order chi connectivity index (χ0) is 11.0. The van der Waals surface area contributed by atoms with Crippen molar-refractivity contribution in [3.8, 4) is 0 Å². The van der Waals surface area contributed by atoms with Crippen LogP contribution in [0.2, 0.25) is 0 Å². The number of rotatable bonds is 2. The van der Waals surface area contributed by atoms with Crippen LogP contribution in [0.1, 0.15) is 33.6 Å². The van der Waals surface area contributed by atoms with E-state index in [0.717, 1.165) is 13.1 Å². The standard InChI is InChI=1S/C12H22N2O/c1-8(2)13-12-10-4-5-11(12)7-14(6-10)9(3)15/h8,10-13H,4-7H2,1-3H3. The molecule has 3 heteroatoms. The van der Waals surface area contributed by atoms with Gasteiger partial charge in [-0.25, -0.2) is 0 Å². The molecule has 1 saturated carbocycles. The highest BCUT2D eigenvalue weighted by molar-refractivity contribution is 5.73. The summed E-state index contributed by atoms with van der Waals surface area (Å²) in [5, 5.41) is 3.67. The molecule has 1 heterocycles. The van der Waals surface area contributed by atoms with Gasteiger partial charge < -0.3 is 10.2 Å². The first-order valence-corrected chi connectivity index (χ1v) is 6.09. The van der Waals surface area contributed by atoms with Crippen LogP contribution >= 0.6 is 0 Å². The summed E-state index contributed by atoms with van der Waals surface area (Å²) >= 11 is 0. The molecule has 0 radical (unpaired) electrons. The van der Waals surface area contributed by atoms with Gasteiger partial charge in [0.15, 0.2) is 0 Å². The van der Waals surface area contributed by atoms with Crippen LogP contribution in [-0.4, -0.2) is 36.0 Å². The molecule has 2 bridgehead atoms. The van der Waals surface area contributed by atoms with Crippen LogP contribution in [0.15, 0.2) is 0 Å². The number of nitrogens with one attached hydrogen (secondary N) is 1. The Labute approximate surface area is 92.2 Å². The van der Waals surface area contributed by atoms with E-state index in [4.69, 9.17) is 0 Å². The van der Waals surface area contributed by atoms with Crippen molar-refractivity contribution in [2.75, 3.05) is 13.1 Å². The number of nitrogens with zero attached hydrogens (tertiary/aromatic N) is 1. The van der Waals surface area contributed by atoms with Gasteiger partial charge in [-0.15, -0.1) is 0 Å². The second-order valence-electron chi connectivity index (χ2n) is 5.37. The molecule has 1 saturated heterocycles. The van der Waals surface area contributed by atoms with E-state index < -0.39 is 0 Å². The number of hydrogen-bond acceptors (Lipinski definition) is 2. The molecule has 3 nitrogen and oxygen atoms in total. The Morgan fingerprint density at radius 1 is 1.27 bits per heavy atom. The highest BCUT2D eigenvalue weighted by Crippen LogP contribution is 2.37. The number of piperidine rings is 1. The molecule has 0 spiro atoms. The van der Waals surface area contributed by atoms with Crippen molar-refractivity contribution in [2.45, 2.75) is 45.7 Å². The summed E-state index contributed by atoms with van der Waals surface area (Å²) in [5.74, 6) is 1.62. The lowest BCUT2D eigenvalue weighted by molar-refractivity contribution is -0.131. The van der Waals surface area contributed by atoms with E-state index in [1.807, 2.05) is 4.90 Å². The first kappa shape index (κ1) is 10.9. The zero-order valence-corrected chi connectivity index (χ0v) is 9.99. The smallest absolute Gasteiger partial charge is 0.219 e. The SMILES string of the molecule is CC(=O)N1CC2CCC(C1)C2NC(C)C. The van der Waals surface area contributed by atoms with Crippen LogP contribution in [0, 0.1) is 11.8 Å². The van der Waals surface area contributed by atoms with E-state index in [9.17, 15) is 4.79 Å². The second-order valence-corrected chi connectivity index (χ2v) is 5.37. The maximum Gasteiger partial charge on any atom is 0.219 e. The average molecular weight is 210 g/mol. The monoisotopic (exact) mass is 210 g/mol. The topological polar surface area (TPSA) is 32.3 Å². The molecule has 1 N–H and O–H groups in total. The lowest BCUT2D eigenvalue weighted by atomic mass is 9.91. The van der Waals surface area contributed by atoms with Crippen molar-refractivity contribution in [1.29, 1.82) is 0 Å². The third-order valence-electron chi connectivity index (χ3n) is 3.80. The minimum Gasteiger partial charge on any atom is -0.342 e. The molecule has 1 amide bonds. The summed E-state index contributed by atoms with van der Waals surface area (Å²) in [6, 6.07) is 1.21. The summed E-state index contributed by atoms with van der Waals surface area (Å²) in [6.45, 7) is 8.04. The number of carbonyl (C=O) groups excluding carboxylic acids is 1. The van der Waals surface area contributed by atoms with Crippen molar-refractivity contribution < 1.29 is 4.79 Å². The largest absolute Gasteiger partial charge is 0.342 e. The average Bonchev–Trinajstić information content (AvgIpc) is 2.40. The van der Waals surface area contributed by atoms with Gasteiger partial charge in [0.05, 0.1) is 0 Å². The number of amides is 1. The molecular weight excluding hydrogens is 188 g/mol. The Hall–Kier alpha value is -0.570. The summed E-state index contributed by atoms with van der Waals surface area (Å²) < 4.78 is 0. The van der Waals surface area contributed by atoms with Crippen LogP contribution in [0.5, 0.6) is 0 Å². The molecule has 15 heavy (non-hydrogen) atoms. The van der Waals surface area contributed by atoms with Gasteiger partial charge in [0.25, 0.3) is 0 Å². The predicted molar refractivity (Wildman–Crippen MR) is 60.5 cm³/mol. The summed E-state index contributed by atoms with van der Waals surface area (Å²) in [6.07, 6.45) is 2.58. The van der Waals surface area contributed by atoms with Crippen LogP contribution in [0.3, 0.4) is 0 Å². The Bertz CT molecular complexity index is 238. The molecular formula is C12H22N2O. The molecule has 2 atom stereocenters. The molecule has 0 aromatic rings. The Morgan fingerprint density at radius 2 is 1.80 bits per heavy atom. The first-order valence-electron chi connectivity index (χ1n) is 6.09. The van der Waals surface area contributed by atoms with E-state index in [-0.39, 0.29) is 5.91 Å². The fourth-order valence-corrected chi connectivity index (χ4v) is 3.14. The molecule has 2 aliphatic rings. The van der Waals surface area contributed by atoms with Crippen molar-refractivity contribution in [3.05, 3.63) is 0 Å². The van der Waals surface area contributed by atoms with Crippen LogP contribution < -0.4 is 5.32 Å². The fourth-order valence-electron chi connectivity index (χ4n) is 3.14. The lowest BCUT2D eigenvalue weighted by Gasteiger charge is -2.39. The molecule has 0 aromatic heterocycles. The quantitative estimate of drug-likeness (QED) is 0.744. The molecule has 0 aromatic carbocycles. The highest BCUT2D eigenvalue weighted by atomic mass is 16.2. The molecule has 2 fully saturated rings. The first-order chi connectivity index (χ1) is 7.08. The van der Waals surface area contributed by atoms with Gasteiger partial charge in [-0.3, -0.25) is 4.79 Å². The van der Waals surface area contributed by atoms with Crippen molar-refractivity contribution in [3.63, 3.8) is 0 Å². The van der Waals surface area contributed by atoms with E-state index in [1.165, 1.54) is 12.8 Å². The molecule has 86 valence electrons. The third kappa shape index (κ3) is 2.17. The van der Waals surface area contributed by atoms with Crippen molar-refractivity contribution >= 4 is 5.91 Å². The zero-order valence-electron chi connectivity index (χ0n) is 9.99.